The quantitative estimate of drug-likeness (QED) is 0.866. The van der Waals surface area contributed by atoms with Crippen molar-refractivity contribution in [2.75, 3.05) is 13.1 Å². The Balaban J connectivity index is 1.91. The number of piperidine rings is 1. The summed E-state index contributed by atoms with van der Waals surface area (Å²) in [5, 5.41) is 2.66. The molecule has 0 saturated carbocycles. The first-order valence-electron chi connectivity index (χ1n) is 6.54. The fraction of sp³-hybridized carbons (Fsp3) is 0.538. The van der Waals surface area contributed by atoms with Crippen LogP contribution in [0.4, 0.5) is 0 Å². The minimum absolute atomic E-state index is 0.0306. The molecule has 1 aromatic rings. The number of rotatable bonds is 3. The van der Waals surface area contributed by atoms with Crippen LogP contribution in [0.5, 0.6) is 0 Å². The van der Waals surface area contributed by atoms with Crippen molar-refractivity contribution in [2.24, 2.45) is 0 Å². The Hall–Kier alpha value is -1.98. The second-order valence-electron chi connectivity index (χ2n) is 4.67. The molecule has 0 spiro atoms. The molecule has 102 valence electrons. The highest BCUT2D eigenvalue weighted by molar-refractivity contribution is 5.95. The van der Waals surface area contributed by atoms with Crippen molar-refractivity contribution in [1.82, 2.24) is 20.2 Å². The van der Waals surface area contributed by atoms with Crippen molar-refractivity contribution in [2.45, 2.75) is 32.2 Å². The molecule has 1 aromatic heterocycles. The molecule has 2 rings (SSSR count). The normalized spacial score (nSPS) is 16.8. The molecule has 6 nitrogen and oxygen atoms in total. The van der Waals surface area contributed by atoms with E-state index in [9.17, 15) is 9.59 Å². The Labute approximate surface area is 112 Å². The van der Waals surface area contributed by atoms with Gasteiger partial charge in [0.2, 0.25) is 5.91 Å². The molecule has 19 heavy (non-hydrogen) atoms. The number of carbonyl (C=O) groups excluding carboxylic acids is 2. The number of carbonyl (C=O) groups is 2. The number of nitrogens with one attached hydrogen (secondary N) is 1. The summed E-state index contributed by atoms with van der Waals surface area (Å²) < 4.78 is 0. The van der Waals surface area contributed by atoms with Gasteiger partial charge in [-0.25, -0.2) is 4.98 Å². The summed E-state index contributed by atoms with van der Waals surface area (Å²) >= 11 is 0. The molecule has 1 unspecified atom stereocenters. The molecule has 1 atom stereocenters. The van der Waals surface area contributed by atoms with Crippen molar-refractivity contribution in [3.05, 3.63) is 24.3 Å². The lowest BCUT2D eigenvalue weighted by Crippen LogP contribution is -2.48. The molecule has 1 aliphatic rings. The predicted octanol–water partition coefficient (Wildman–Crippen LogP) is 0.607. The zero-order valence-electron chi connectivity index (χ0n) is 11.0. The van der Waals surface area contributed by atoms with Crippen LogP contribution in [0, 0.1) is 0 Å². The van der Waals surface area contributed by atoms with Crippen molar-refractivity contribution >= 4 is 11.8 Å². The molecular weight excluding hydrogens is 244 g/mol. The molecule has 0 aliphatic carbocycles. The third-order valence-corrected chi connectivity index (χ3v) is 3.18. The average molecular weight is 262 g/mol. The molecule has 1 N–H and O–H groups in total. The van der Waals surface area contributed by atoms with Gasteiger partial charge in [-0.3, -0.25) is 14.6 Å². The van der Waals surface area contributed by atoms with Crippen LogP contribution in [0.15, 0.2) is 18.6 Å². The van der Waals surface area contributed by atoms with Crippen molar-refractivity contribution < 1.29 is 9.59 Å². The minimum Gasteiger partial charge on any atom is -0.341 e. The van der Waals surface area contributed by atoms with E-state index in [0.717, 1.165) is 25.9 Å². The molecule has 6 heteroatoms. The van der Waals surface area contributed by atoms with Gasteiger partial charge in [0.05, 0.1) is 6.20 Å². The molecule has 1 saturated heterocycles. The fourth-order valence-corrected chi connectivity index (χ4v) is 2.14. The molecule has 0 aromatic carbocycles. The van der Waals surface area contributed by atoms with Crippen LogP contribution in [0.1, 0.15) is 36.7 Å². The highest BCUT2D eigenvalue weighted by atomic mass is 16.2. The molecule has 2 amide bonds. The number of hydrogen-bond donors (Lipinski definition) is 1. The standard InChI is InChI=1S/C13H18N4O2/c1-10(13(19)17-7-3-2-4-8-17)16-12(18)11-9-14-5-6-15-11/h5-6,9-10H,2-4,7-8H2,1H3,(H,16,18). The Kier molecular flexibility index (Phi) is 4.43. The van der Waals surface area contributed by atoms with E-state index in [1.165, 1.54) is 25.0 Å². The highest BCUT2D eigenvalue weighted by Gasteiger charge is 2.23. The SMILES string of the molecule is CC(NC(=O)c1cnccn1)C(=O)N1CCCCC1. The van der Waals surface area contributed by atoms with Gasteiger partial charge >= 0.3 is 0 Å². The third-order valence-electron chi connectivity index (χ3n) is 3.18. The van der Waals surface area contributed by atoms with Crippen LogP contribution in [0.3, 0.4) is 0 Å². The van der Waals surface area contributed by atoms with E-state index in [0.29, 0.717) is 0 Å². The zero-order valence-corrected chi connectivity index (χ0v) is 11.0. The van der Waals surface area contributed by atoms with Crippen LogP contribution in [-0.2, 0) is 4.79 Å². The largest absolute Gasteiger partial charge is 0.341 e. The summed E-state index contributed by atoms with van der Waals surface area (Å²) in [6.07, 6.45) is 7.58. The van der Waals surface area contributed by atoms with E-state index in [4.69, 9.17) is 0 Å². The van der Waals surface area contributed by atoms with Crippen LogP contribution in [0.25, 0.3) is 0 Å². The lowest BCUT2D eigenvalue weighted by molar-refractivity contribution is -0.133. The first-order valence-corrected chi connectivity index (χ1v) is 6.54. The van der Waals surface area contributed by atoms with E-state index in [2.05, 4.69) is 15.3 Å². The minimum atomic E-state index is -0.535. The fourth-order valence-electron chi connectivity index (χ4n) is 2.14. The van der Waals surface area contributed by atoms with Gasteiger partial charge < -0.3 is 10.2 Å². The summed E-state index contributed by atoms with van der Waals surface area (Å²) in [5.74, 6) is -0.400. The van der Waals surface area contributed by atoms with Crippen LogP contribution in [0.2, 0.25) is 0 Å². The van der Waals surface area contributed by atoms with E-state index < -0.39 is 6.04 Å². The first kappa shape index (κ1) is 13.5. The van der Waals surface area contributed by atoms with Gasteiger partial charge in [-0.05, 0) is 26.2 Å². The maximum atomic E-state index is 12.1. The smallest absolute Gasteiger partial charge is 0.272 e. The van der Waals surface area contributed by atoms with E-state index in [-0.39, 0.29) is 17.5 Å². The number of aromatic nitrogens is 2. The second kappa shape index (κ2) is 6.26. The van der Waals surface area contributed by atoms with Crippen LogP contribution < -0.4 is 5.32 Å². The predicted molar refractivity (Wildman–Crippen MR) is 69.4 cm³/mol. The van der Waals surface area contributed by atoms with Gasteiger partial charge in [-0.15, -0.1) is 0 Å². The van der Waals surface area contributed by atoms with E-state index in [1.807, 2.05) is 4.90 Å². The van der Waals surface area contributed by atoms with Crippen molar-refractivity contribution in [3.63, 3.8) is 0 Å². The summed E-state index contributed by atoms with van der Waals surface area (Å²) in [6, 6.07) is -0.535. The molecule has 2 heterocycles. The molecule has 1 fully saturated rings. The van der Waals surface area contributed by atoms with E-state index >= 15 is 0 Å². The Morgan fingerprint density at radius 2 is 2.00 bits per heavy atom. The Morgan fingerprint density at radius 1 is 1.26 bits per heavy atom. The van der Waals surface area contributed by atoms with Crippen LogP contribution in [-0.4, -0.2) is 45.8 Å². The lowest BCUT2D eigenvalue weighted by atomic mass is 10.1. The Morgan fingerprint density at radius 3 is 2.63 bits per heavy atom. The topological polar surface area (TPSA) is 75.2 Å². The summed E-state index contributed by atoms with van der Waals surface area (Å²) in [5.41, 5.74) is 0.223. The summed E-state index contributed by atoms with van der Waals surface area (Å²) in [6.45, 7) is 3.26. The molecule has 0 radical (unpaired) electrons. The first-order chi connectivity index (χ1) is 9.18. The maximum Gasteiger partial charge on any atom is 0.272 e. The number of likely N-dealkylation sites (tertiary alicyclic amines) is 1. The average Bonchev–Trinajstić information content (AvgIpc) is 2.48. The number of hydrogen-bond acceptors (Lipinski definition) is 4. The monoisotopic (exact) mass is 262 g/mol. The van der Waals surface area contributed by atoms with Gasteiger partial charge in [-0.1, -0.05) is 0 Å². The molecular formula is C13H18N4O2. The van der Waals surface area contributed by atoms with Gasteiger partial charge in [-0.2, -0.15) is 0 Å². The number of amides is 2. The summed E-state index contributed by atoms with van der Waals surface area (Å²) in [7, 11) is 0. The third kappa shape index (κ3) is 3.49. The lowest BCUT2D eigenvalue weighted by Gasteiger charge is -2.29. The van der Waals surface area contributed by atoms with Crippen molar-refractivity contribution in [1.29, 1.82) is 0 Å². The van der Waals surface area contributed by atoms with Gasteiger partial charge in [0.15, 0.2) is 0 Å². The second-order valence-corrected chi connectivity index (χ2v) is 4.67. The maximum absolute atomic E-state index is 12.1. The van der Waals surface area contributed by atoms with Gasteiger partial charge in [0.25, 0.3) is 5.91 Å². The van der Waals surface area contributed by atoms with Crippen LogP contribution >= 0.6 is 0 Å². The van der Waals surface area contributed by atoms with E-state index in [1.54, 1.807) is 6.92 Å². The van der Waals surface area contributed by atoms with Crippen molar-refractivity contribution in [3.8, 4) is 0 Å². The van der Waals surface area contributed by atoms with Gasteiger partial charge in [0, 0.05) is 25.5 Å². The molecule has 1 aliphatic heterocycles. The molecule has 0 bridgehead atoms. The highest BCUT2D eigenvalue weighted by Crippen LogP contribution is 2.10. The number of nitrogens with zero attached hydrogens (tertiary/aromatic N) is 3. The summed E-state index contributed by atoms with van der Waals surface area (Å²) in [4.78, 5) is 33.5. The zero-order chi connectivity index (χ0) is 13.7. The van der Waals surface area contributed by atoms with Gasteiger partial charge in [0.1, 0.15) is 11.7 Å². The Bertz CT molecular complexity index is 443.